The maximum atomic E-state index is 13.3. The Balaban J connectivity index is 1.78. The first-order chi connectivity index (χ1) is 15.4. The lowest BCUT2D eigenvalue weighted by Gasteiger charge is -2.15. The van der Waals surface area contributed by atoms with Crippen LogP contribution in [0.4, 0.5) is 5.69 Å². The van der Waals surface area contributed by atoms with Crippen LogP contribution < -0.4 is 10.6 Å². The van der Waals surface area contributed by atoms with E-state index in [2.05, 4.69) is 46.8 Å². The van der Waals surface area contributed by atoms with E-state index in [1.165, 1.54) is 4.68 Å². The number of carbonyl (C=O) groups is 2. The van der Waals surface area contributed by atoms with Crippen molar-refractivity contribution in [1.29, 1.82) is 0 Å². The summed E-state index contributed by atoms with van der Waals surface area (Å²) in [4.78, 5) is 30.5. The third kappa shape index (κ3) is 4.11. The Morgan fingerprint density at radius 3 is 2.84 bits per heavy atom. The highest BCUT2D eigenvalue weighted by Crippen LogP contribution is 2.30. The molecule has 9 nitrogen and oxygen atoms in total. The molecular weight excluding hydrogens is 498 g/mol. The number of nitrogens with one attached hydrogen (secondary N) is 3. The van der Waals surface area contributed by atoms with Crippen molar-refractivity contribution in [3.63, 3.8) is 0 Å². The third-order valence-electron chi connectivity index (χ3n) is 4.79. The van der Waals surface area contributed by atoms with Gasteiger partial charge in [0.2, 0.25) is 0 Å². The van der Waals surface area contributed by atoms with E-state index in [9.17, 15) is 9.59 Å². The molecule has 3 heterocycles. The van der Waals surface area contributed by atoms with Crippen molar-refractivity contribution >= 4 is 55.9 Å². The normalized spacial score (nSPS) is 11.0. The lowest BCUT2D eigenvalue weighted by atomic mass is 10.0. The van der Waals surface area contributed by atoms with Crippen molar-refractivity contribution in [3.8, 4) is 5.82 Å². The number of pyridine rings is 1. The summed E-state index contributed by atoms with van der Waals surface area (Å²) in [6, 6.07) is 6.76. The highest BCUT2D eigenvalue weighted by Gasteiger charge is 2.24. The molecule has 0 atom stereocenters. The molecule has 0 aliphatic rings. The van der Waals surface area contributed by atoms with Crippen LogP contribution in [0.1, 0.15) is 39.8 Å². The summed E-state index contributed by atoms with van der Waals surface area (Å²) in [7, 11) is 0. The lowest BCUT2D eigenvalue weighted by molar-refractivity contribution is 0.0956. The number of halogens is 2. The molecule has 0 spiro atoms. The topological polar surface area (TPSA) is 118 Å². The minimum absolute atomic E-state index is 0.196. The molecule has 0 unspecified atom stereocenters. The molecule has 0 saturated carbocycles. The van der Waals surface area contributed by atoms with Gasteiger partial charge in [0, 0.05) is 24.2 Å². The molecule has 0 aliphatic carbocycles. The summed E-state index contributed by atoms with van der Waals surface area (Å²) >= 11 is 9.57. The largest absolute Gasteiger partial charge is 0.352 e. The summed E-state index contributed by atoms with van der Waals surface area (Å²) in [6.45, 7) is 4.29. The van der Waals surface area contributed by atoms with E-state index in [0.717, 1.165) is 17.4 Å². The van der Waals surface area contributed by atoms with Crippen LogP contribution in [0.3, 0.4) is 0 Å². The molecule has 3 aromatic heterocycles. The summed E-state index contributed by atoms with van der Waals surface area (Å²) in [5.74, 6) is -0.467. The average Bonchev–Trinajstić information content (AvgIpc) is 3.38. The molecule has 0 radical (unpaired) electrons. The average molecular weight is 517 g/mol. The molecule has 0 saturated heterocycles. The van der Waals surface area contributed by atoms with Gasteiger partial charge in [0.05, 0.1) is 28.0 Å². The number of fused-ring (bicyclic) bond motifs is 1. The van der Waals surface area contributed by atoms with Gasteiger partial charge in [0.1, 0.15) is 10.3 Å². The minimum atomic E-state index is -0.476. The van der Waals surface area contributed by atoms with Crippen molar-refractivity contribution < 1.29 is 9.59 Å². The van der Waals surface area contributed by atoms with E-state index in [4.69, 9.17) is 11.6 Å². The zero-order valence-corrected chi connectivity index (χ0v) is 19.6. The van der Waals surface area contributed by atoms with E-state index in [1.807, 2.05) is 19.9 Å². The molecule has 1 aromatic carbocycles. The predicted molar refractivity (Wildman–Crippen MR) is 125 cm³/mol. The van der Waals surface area contributed by atoms with Crippen molar-refractivity contribution in [3.05, 3.63) is 63.1 Å². The number of carbonyl (C=O) groups excluding carboxylic acids is 2. The van der Waals surface area contributed by atoms with Gasteiger partial charge in [-0.25, -0.2) is 9.67 Å². The fraction of sp³-hybridized carbons (Fsp3) is 0.190. The van der Waals surface area contributed by atoms with Crippen LogP contribution in [-0.4, -0.2) is 43.3 Å². The molecule has 4 rings (SSSR count). The number of aromatic amines is 1. The lowest BCUT2D eigenvalue weighted by Crippen LogP contribution is -2.27. The molecular formula is C21H19BrClN7O2. The summed E-state index contributed by atoms with van der Waals surface area (Å²) in [5.41, 5.74) is 2.16. The second kappa shape index (κ2) is 9.09. The number of nitrogens with zero attached hydrogens (tertiary/aromatic N) is 4. The quantitative estimate of drug-likeness (QED) is 0.354. The van der Waals surface area contributed by atoms with Gasteiger partial charge in [-0.3, -0.25) is 14.7 Å². The Labute approximate surface area is 196 Å². The maximum Gasteiger partial charge on any atom is 0.274 e. The van der Waals surface area contributed by atoms with Crippen LogP contribution in [0.5, 0.6) is 0 Å². The standard InChI is InChI=1S/C21H19BrClN7O2/c1-3-6-25-21(32)16-17(11(2)8-12-10-26-28-18(12)16)27-20(31)14-9-15(22)29-30(14)19-13(23)5-4-7-24-19/h4-5,7-10H,3,6H2,1-2H3,(H,25,32)(H,26,28)(H,27,31). The Bertz CT molecular complexity index is 1330. The Morgan fingerprint density at radius 2 is 2.09 bits per heavy atom. The number of hydrogen-bond donors (Lipinski definition) is 3. The Kier molecular flexibility index (Phi) is 6.24. The molecule has 32 heavy (non-hydrogen) atoms. The van der Waals surface area contributed by atoms with E-state index < -0.39 is 5.91 Å². The van der Waals surface area contributed by atoms with Gasteiger partial charge in [0.25, 0.3) is 11.8 Å². The minimum Gasteiger partial charge on any atom is -0.352 e. The van der Waals surface area contributed by atoms with Crippen molar-refractivity contribution in [1.82, 2.24) is 30.3 Å². The molecule has 0 aliphatic heterocycles. The molecule has 2 amide bonds. The van der Waals surface area contributed by atoms with Crippen LogP contribution in [0.15, 0.2) is 41.3 Å². The number of aromatic nitrogens is 5. The predicted octanol–water partition coefficient (Wildman–Crippen LogP) is 4.26. The molecule has 4 aromatic rings. The van der Waals surface area contributed by atoms with Crippen LogP contribution >= 0.6 is 27.5 Å². The highest BCUT2D eigenvalue weighted by molar-refractivity contribution is 9.10. The molecule has 0 fully saturated rings. The van der Waals surface area contributed by atoms with Gasteiger partial charge in [-0.15, -0.1) is 0 Å². The first kappa shape index (κ1) is 22.0. The molecule has 11 heteroatoms. The number of benzene rings is 1. The highest BCUT2D eigenvalue weighted by atomic mass is 79.9. The number of H-pyrrole nitrogens is 1. The van der Waals surface area contributed by atoms with E-state index in [0.29, 0.717) is 38.8 Å². The van der Waals surface area contributed by atoms with Gasteiger partial charge < -0.3 is 10.6 Å². The smallest absolute Gasteiger partial charge is 0.274 e. The van der Waals surface area contributed by atoms with Crippen molar-refractivity contribution in [2.24, 2.45) is 0 Å². The first-order valence-electron chi connectivity index (χ1n) is 9.83. The first-order valence-corrected chi connectivity index (χ1v) is 11.0. The van der Waals surface area contributed by atoms with E-state index in [1.54, 1.807) is 30.6 Å². The number of amides is 2. The fourth-order valence-corrected chi connectivity index (χ4v) is 3.91. The maximum absolute atomic E-state index is 13.3. The number of hydrogen-bond acceptors (Lipinski definition) is 5. The zero-order valence-electron chi connectivity index (χ0n) is 17.2. The third-order valence-corrected chi connectivity index (χ3v) is 5.47. The van der Waals surface area contributed by atoms with Gasteiger partial charge in [-0.05, 0) is 53.0 Å². The zero-order chi connectivity index (χ0) is 22.8. The Hall–Kier alpha value is -3.24. The van der Waals surface area contributed by atoms with E-state index in [-0.39, 0.29) is 11.6 Å². The summed E-state index contributed by atoms with van der Waals surface area (Å²) < 4.78 is 1.79. The Morgan fingerprint density at radius 1 is 1.28 bits per heavy atom. The number of aryl methyl sites for hydroxylation is 1. The van der Waals surface area contributed by atoms with E-state index >= 15 is 0 Å². The molecule has 0 bridgehead atoms. The van der Waals surface area contributed by atoms with Gasteiger partial charge in [-0.1, -0.05) is 18.5 Å². The monoisotopic (exact) mass is 515 g/mol. The van der Waals surface area contributed by atoms with Crippen LogP contribution in [0.2, 0.25) is 5.02 Å². The van der Waals surface area contributed by atoms with Crippen LogP contribution in [0.25, 0.3) is 16.7 Å². The number of rotatable bonds is 6. The summed E-state index contributed by atoms with van der Waals surface area (Å²) in [6.07, 6.45) is 3.98. The van der Waals surface area contributed by atoms with Crippen molar-refractivity contribution in [2.75, 3.05) is 11.9 Å². The van der Waals surface area contributed by atoms with Crippen LogP contribution in [0, 0.1) is 6.92 Å². The molecule has 164 valence electrons. The second-order valence-electron chi connectivity index (χ2n) is 7.06. The SMILES string of the molecule is CCCNC(=O)c1c(NC(=O)c2cc(Br)nn2-c2ncccc2Cl)c(C)cc2cn[nH]c12. The summed E-state index contributed by atoms with van der Waals surface area (Å²) in [5, 5.41) is 18.1. The van der Waals surface area contributed by atoms with Gasteiger partial charge in [0.15, 0.2) is 5.82 Å². The van der Waals surface area contributed by atoms with Gasteiger partial charge >= 0.3 is 0 Å². The molecule has 3 N–H and O–H groups in total. The van der Waals surface area contributed by atoms with Crippen LogP contribution in [-0.2, 0) is 0 Å². The second-order valence-corrected chi connectivity index (χ2v) is 8.28. The van der Waals surface area contributed by atoms with Crippen molar-refractivity contribution in [2.45, 2.75) is 20.3 Å². The number of anilines is 1. The fourth-order valence-electron chi connectivity index (χ4n) is 3.33. The van der Waals surface area contributed by atoms with Gasteiger partial charge in [-0.2, -0.15) is 10.2 Å².